The van der Waals surface area contributed by atoms with Crippen molar-refractivity contribution in [2.75, 3.05) is 19.0 Å². The van der Waals surface area contributed by atoms with Crippen LogP contribution in [0, 0.1) is 10.8 Å². The first-order valence-corrected chi connectivity index (χ1v) is 8.61. The first-order valence-electron chi connectivity index (χ1n) is 8.61. The summed E-state index contributed by atoms with van der Waals surface area (Å²) >= 11 is 0. The molecule has 132 valence electrons. The van der Waals surface area contributed by atoms with Crippen LogP contribution in [0.15, 0.2) is 40.8 Å². The van der Waals surface area contributed by atoms with E-state index in [0.29, 0.717) is 17.0 Å². The maximum atomic E-state index is 8.31. The van der Waals surface area contributed by atoms with Gasteiger partial charge in [-0.1, -0.05) is 26.0 Å². The van der Waals surface area contributed by atoms with Crippen LogP contribution in [0.2, 0.25) is 0 Å². The summed E-state index contributed by atoms with van der Waals surface area (Å²) in [4.78, 5) is 10.0. The van der Waals surface area contributed by atoms with Crippen LogP contribution in [0.4, 0.5) is 5.69 Å². The average molecular weight is 346 g/mol. The number of H-pyrrole nitrogens is 1. The van der Waals surface area contributed by atoms with Crippen LogP contribution in [0.1, 0.15) is 25.2 Å². The highest BCUT2D eigenvalue weighted by Crippen LogP contribution is 2.29. The van der Waals surface area contributed by atoms with Gasteiger partial charge in [0.1, 0.15) is 11.4 Å². The number of allylic oxidation sites excluding steroid dienone is 2. The molecule has 1 aromatic carbocycles. The molecule has 0 saturated heterocycles. The lowest BCUT2D eigenvalue weighted by Crippen LogP contribution is -2.09. The molecule has 0 saturated carbocycles. The van der Waals surface area contributed by atoms with Crippen LogP contribution < -0.4 is 10.5 Å². The Kier molecular flexibility index (Phi) is 3.61. The number of nitrogens with one attached hydrogen (secondary N) is 2. The van der Waals surface area contributed by atoms with Gasteiger partial charge in [0.2, 0.25) is 5.55 Å². The molecule has 2 N–H and O–H groups in total. The summed E-state index contributed by atoms with van der Waals surface area (Å²) in [6, 6.07) is 7.95. The molecule has 0 bridgehead atoms. The molecular weight excluding hydrogens is 324 g/mol. The van der Waals surface area contributed by atoms with E-state index in [4.69, 9.17) is 9.83 Å². The Morgan fingerprint density at radius 2 is 1.88 bits per heavy atom. The molecule has 0 aliphatic heterocycles. The topological polar surface area (TPSA) is 68.9 Å². The number of fused-ring (bicyclic) bond motifs is 2. The van der Waals surface area contributed by atoms with E-state index in [1.54, 1.807) is 0 Å². The molecule has 5 heteroatoms. The average Bonchev–Trinajstić information content (AvgIpc) is 2.94. The smallest absolute Gasteiger partial charge is 0.223 e. The van der Waals surface area contributed by atoms with Gasteiger partial charge in [-0.05, 0) is 30.4 Å². The number of aromatic amines is 1. The molecule has 4 rings (SSSR count). The van der Waals surface area contributed by atoms with Crippen molar-refractivity contribution in [1.29, 1.82) is 5.41 Å². The molecule has 0 unspecified atom stereocenters. The molecule has 0 spiro atoms. The second-order valence-corrected chi connectivity index (χ2v) is 7.48. The maximum Gasteiger partial charge on any atom is 0.223 e. The van der Waals surface area contributed by atoms with E-state index in [-0.39, 0.29) is 11.0 Å². The number of aromatic nitrogens is 2. The predicted molar refractivity (Wildman–Crippen MR) is 106 cm³/mol. The van der Waals surface area contributed by atoms with Gasteiger partial charge in [-0.15, -0.1) is 0 Å². The third-order valence-corrected chi connectivity index (χ3v) is 4.64. The number of hydrogen-bond acceptors (Lipinski definition) is 4. The van der Waals surface area contributed by atoms with Crippen LogP contribution in [-0.2, 0) is 0 Å². The van der Waals surface area contributed by atoms with E-state index >= 15 is 0 Å². The monoisotopic (exact) mass is 346 g/mol. The van der Waals surface area contributed by atoms with Gasteiger partial charge in [-0.2, -0.15) is 0 Å². The van der Waals surface area contributed by atoms with Gasteiger partial charge in [-0.25, -0.2) is 4.98 Å². The Hall–Kier alpha value is -3.08. The number of nitrogens with zero attached hydrogens (tertiary/aromatic N) is 2. The lowest BCUT2D eigenvalue weighted by Gasteiger charge is -2.12. The molecule has 1 aliphatic rings. The van der Waals surface area contributed by atoms with Crippen molar-refractivity contribution in [3.8, 4) is 11.4 Å². The molecular formula is C21H22N4O. The third-order valence-electron chi connectivity index (χ3n) is 4.64. The number of hydrogen-bond donors (Lipinski definition) is 2. The highest BCUT2D eigenvalue weighted by molar-refractivity contribution is 5.84. The van der Waals surface area contributed by atoms with Crippen LogP contribution in [-0.4, -0.2) is 24.1 Å². The number of rotatable bonds is 2. The van der Waals surface area contributed by atoms with Crippen molar-refractivity contribution in [2.24, 2.45) is 5.41 Å². The van der Waals surface area contributed by atoms with E-state index in [0.717, 1.165) is 22.5 Å². The fourth-order valence-corrected chi connectivity index (χ4v) is 3.00. The fourth-order valence-electron chi connectivity index (χ4n) is 3.00. The molecule has 5 nitrogen and oxygen atoms in total. The summed E-state index contributed by atoms with van der Waals surface area (Å²) in [6.45, 7) is 4.30. The van der Waals surface area contributed by atoms with Gasteiger partial charge >= 0.3 is 0 Å². The van der Waals surface area contributed by atoms with E-state index < -0.39 is 0 Å². The Labute approximate surface area is 152 Å². The van der Waals surface area contributed by atoms with Gasteiger partial charge < -0.3 is 14.3 Å². The molecule has 0 fully saturated rings. The summed E-state index contributed by atoms with van der Waals surface area (Å²) in [6.07, 6.45) is 8.36. The van der Waals surface area contributed by atoms with Crippen molar-refractivity contribution < 1.29 is 4.42 Å². The van der Waals surface area contributed by atoms with Crippen molar-refractivity contribution in [3.63, 3.8) is 0 Å². The summed E-state index contributed by atoms with van der Waals surface area (Å²) in [5.41, 5.74) is 4.32. The largest absolute Gasteiger partial charge is 0.438 e. The lowest BCUT2D eigenvalue weighted by molar-refractivity contribution is 0.535. The van der Waals surface area contributed by atoms with Crippen molar-refractivity contribution >= 4 is 28.8 Å². The van der Waals surface area contributed by atoms with E-state index in [9.17, 15) is 0 Å². The molecule has 3 aromatic rings. The van der Waals surface area contributed by atoms with Gasteiger partial charge in [0.15, 0.2) is 0 Å². The number of anilines is 1. The van der Waals surface area contributed by atoms with Crippen LogP contribution in [0.3, 0.4) is 0 Å². The van der Waals surface area contributed by atoms with Crippen molar-refractivity contribution in [2.45, 2.75) is 13.8 Å². The third kappa shape index (κ3) is 2.86. The molecule has 0 radical (unpaired) electrons. The Morgan fingerprint density at radius 3 is 2.65 bits per heavy atom. The van der Waals surface area contributed by atoms with E-state index in [2.05, 4.69) is 42.0 Å². The first kappa shape index (κ1) is 16.4. The number of imidazole rings is 1. The van der Waals surface area contributed by atoms with Crippen LogP contribution >= 0.6 is 0 Å². The van der Waals surface area contributed by atoms with Crippen LogP contribution in [0.5, 0.6) is 0 Å². The Morgan fingerprint density at radius 1 is 1.12 bits per heavy atom. The highest BCUT2D eigenvalue weighted by Gasteiger charge is 2.17. The fraction of sp³-hybridized carbons (Fsp3) is 0.238. The Bertz CT molecular complexity index is 1080. The normalized spacial score (nSPS) is 15.1. The van der Waals surface area contributed by atoms with Gasteiger partial charge in [0.25, 0.3) is 0 Å². The SMILES string of the molecule is CN(C)c1ccc2cc(-c3nc4c([nH]3)C=CC(C)(C)C=C4)c(=N)oc2c1. The van der Waals surface area contributed by atoms with Crippen LogP contribution in [0.25, 0.3) is 34.5 Å². The minimum Gasteiger partial charge on any atom is -0.438 e. The van der Waals surface area contributed by atoms with E-state index in [1.807, 2.05) is 49.3 Å². The highest BCUT2D eigenvalue weighted by atomic mass is 16.3. The van der Waals surface area contributed by atoms with Gasteiger partial charge in [0, 0.05) is 36.7 Å². The minimum absolute atomic E-state index is 0.00468. The Balaban J connectivity index is 1.81. The van der Waals surface area contributed by atoms with Crippen molar-refractivity contribution in [3.05, 3.63) is 53.4 Å². The molecule has 1 aliphatic carbocycles. The standard InChI is InChI=1S/C21H22N4O/c1-21(2)9-7-16-17(8-10-21)24-20(23-16)15-11-13-5-6-14(25(3)4)12-18(13)26-19(15)22/h5-12,22H,1-4H3,(H,23,24). The zero-order chi connectivity index (χ0) is 18.5. The number of benzene rings is 1. The molecule has 26 heavy (non-hydrogen) atoms. The molecule has 0 amide bonds. The second-order valence-electron chi connectivity index (χ2n) is 7.48. The zero-order valence-electron chi connectivity index (χ0n) is 15.4. The first-order chi connectivity index (χ1) is 12.3. The summed E-state index contributed by atoms with van der Waals surface area (Å²) in [5.74, 6) is 0.649. The lowest BCUT2D eigenvalue weighted by atomic mass is 9.93. The molecule has 0 atom stereocenters. The van der Waals surface area contributed by atoms with Crippen molar-refractivity contribution in [1.82, 2.24) is 9.97 Å². The zero-order valence-corrected chi connectivity index (χ0v) is 15.4. The summed E-state index contributed by atoms with van der Waals surface area (Å²) < 4.78 is 5.77. The second kappa shape index (κ2) is 5.73. The minimum atomic E-state index is 0.00468. The van der Waals surface area contributed by atoms with Gasteiger partial charge in [-0.3, -0.25) is 5.41 Å². The quantitative estimate of drug-likeness (QED) is 0.721. The summed E-state index contributed by atoms with van der Waals surface area (Å²) in [7, 11) is 3.96. The molecule has 2 aromatic heterocycles. The van der Waals surface area contributed by atoms with Gasteiger partial charge in [0.05, 0.1) is 17.0 Å². The predicted octanol–water partition coefficient (Wildman–Crippen LogP) is 4.43. The molecule has 2 heterocycles. The van der Waals surface area contributed by atoms with E-state index in [1.165, 1.54) is 0 Å². The maximum absolute atomic E-state index is 8.31. The summed E-state index contributed by atoms with van der Waals surface area (Å²) in [5, 5.41) is 9.25.